The van der Waals surface area contributed by atoms with Crippen molar-refractivity contribution in [2.24, 2.45) is 5.92 Å². The molecule has 1 aromatic rings. The highest BCUT2D eigenvalue weighted by Crippen LogP contribution is 2.28. The van der Waals surface area contributed by atoms with Crippen LogP contribution in [0.4, 0.5) is 0 Å². The first-order chi connectivity index (χ1) is 12.6. The number of aromatic nitrogens is 3. The number of nitrogens with one attached hydrogen (secondary N) is 2. The fraction of sp³-hybridized carbons (Fsp3) is 0.778. The Hall–Kier alpha value is -1.57. The largest absolute Gasteiger partial charge is 0.353 e. The van der Waals surface area contributed by atoms with Crippen LogP contribution in [0.15, 0.2) is 5.16 Å². The molecule has 2 aliphatic rings. The predicted molar refractivity (Wildman–Crippen MR) is 101 cm³/mol. The summed E-state index contributed by atoms with van der Waals surface area (Å²) < 4.78 is 0. The second kappa shape index (κ2) is 9.39. The molecule has 8 heteroatoms. The standard InChI is InChI=1S/C18H29N5O2S/c1-13(24)23-10-8-15(9-11-23)19-17(25)12-26-18-20-16(21-22-18)7-6-14-4-2-3-5-14/h14-15H,2-12H2,1H3,(H,19,25)(H,20,21,22). The lowest BCUT2D eigenvalue weighted by atomic mass is 10.0. The highest BCUT2D eigenvalue weighted by Gasteiger charge is 2.22. The Morgan fingerprint density at radius 2 is 1.96 bits per heavy atom. The summed E-state index contributed by atoms with van der Waals surface area (Å²) in [5.74, 6) is 2.22. The highest BCUT2D eigenvalue weighted by molar-refractivity contribution is 7.99. The molecule has 0 aromatic carbocycles. The number of carbonyl (C=O) groups excluding carboxylic acids is 2. The van der Waals surface area contributed by atoms with Crippen molar-refractivity contribution in [2.45, 2.75) is 69.5 Å². The highest BCUT2D eigenvalue weighted by atomic mass is 32.2. The quantitative estimate of drug-likeness (QED) is 0.709. The molecule has 2 heterocycles. The van der Waals surface area contributed by atoms with E-state index in [1.807, 2.05) is 4.90 Å². The number of rotatable bonds is 7. The minimum atomic E-state index is 0.00795. The minimum Gasteiger partial charge on any atom is -0.353 e. The molecular formula is C18H29N5O2S. The van der Waals surface area contributed by atoms with Crippen molar-refractivity contribution in [1.82, 2.24) is 25.4 Å². The Morgan fingerprint density at radius 3 is 2.65 bits per heavy atom. The monoisotopic (exact) mass is 379 g/mol. The van der Waals surface area contributed by atoms with Gasteiger partial charge in [-0.3, -0.25) is 14.7 Å². The van der Waals surface area contributed by atoms with E-state index in [4.69, 9.17) is 0 Å². The number of hydrogen-bond acceptors (Lipinski definition) is 5. The maximum atomic E-state index is 12.1. The van der Waals surface area contributed by atoms with Gasteiger partial charge in [-0.05, 0) is 25.2 Å². The summed E-state index contributed by atoms with van der Waals surface area (Å²) in [6.07, 6.45) is 9.19. The number of aryl methyl sites for hydroxylation is 1. The molecule has 0 atom stereocenters. The van der Waals surface area contributed by atoms with E-state index in [9.17, 15) is 9.59 Å². The maximum Gasteiger partial charge on any atom is 0.230 e. The lowest BCUT2D eigenvalue weighted by molar-refractivity contribution is -0.130. The van der Waals surface area contributed by atoms with Gasteiger partial charge < -0.3 is 10.2 Å². The topological polar surface area (TPSA) is 91.0 Å². The fourth-order valence-electron chi connectivity index (χ4n) is 3.83. The van der Waals surface area contributed by atoms with Crippen molar-refractivity contribution in [1.29, 1.82) is 0 Å². The van der Waals surface area contributed by atoms with Crippen molar-refractivity contribution in [3.05, 3.63) is 5.82 Å². The Kier molecular flexibility index (Phi) is 6.93. The summed E-state index contributed by atoms with van der Waals surface area (Å²) >= 11 is 1.37. The number of H-pyrrole nitrogens is 1. The molecule has 0 bridgehead atoms. The molecule has 3 rings (SSSR count). The number of amides is 2. The Morgan fingerprint density at radius 1 is 1.23 bits per heavy atom. The molecule has 2 fully saturated rings. The SMILES string of the molecule is CC(=O)N1CCC(NC(=O)CSc2n[nH]c(CCC3CCCC3)n2)CC1. The third-order valence-electron chi connectivity index (χ3n) is 5.41. The number of nitrogens with zero attached hydrogens (tertiary/aromatic N) is 3. The van der Waals surface area contributed by atoms with E-state index < -0.39 is 0 Å². The molecule has 1 saturated heterocycles. The van der Waals surface area contributed by atoms with Crippen molar-refractivity contribution in [2.75, 3.05) is 18.8 Å². The smallest absolute Gasteiger partial charge is 0.230 e. The lowest BCUT2D eigenvalue weighted by Gasteiger charge is -2.31. The number of carbonyl (C=O) groups is 2. The van der Waals surface area contributed by atoms with Crippen molar-refractivity contribution in [3.8, 4) is 0 Å². The van der Waals surface area contributed by atoms with E-state index in [2.05, 4.69) is 20.5 Å². The van der Waals surface area contributed by atoms with Gasteiger partial charge in [0.15, 0.2) is 0 Å². The summed E-state index contributed by atoms with van der Waals surface area (Å²) in [6.45, 7) is 3.03. The van der Waals surface area contributed by atoms with Crippen LogP contribution in [-0.2, 0) is 16.0 Å². The molecule has 0 unspecified atom stereocenters. The number of aromatic amines is 1. The van der Waals surface area contributed by atoms with Gasteiger partial charge >= 0.3 is 0 Å². The van der Waals surface area contributed by atoms with Gasteiger partial charge in [-0.15, -0.1) is 5.10 Å². The third kappa shape index (κ3) is 5.72. The number of piperidine rings is 1. The van der Waals surface area contributed by atoms with Crippen LogP contribution in [0.1, 0.15) is 57.7 Å². The zero-order valence-corrected chi connectivity index (χ0v) is 16.3. The second-order valence-corrected chi connectivity index (χ2v) is 8.33. The zero-order valence-electron chi connectivity index (χ0n) is 15.5. The van der Waals surface area contributed by atoms with Gasteiger partial charge in [0.05, 0.1) is 5.75 Å². The van der Waals surface area contributed by atoms with E-state index in [0.29, 0.717) is 10.9 Å². The predicted octanol–water partition coefficient (Wildman–Crippen LogP) is 2.15. The summed E-state index contributed by atoms with van der Waals surface area (Å²) in [4.78, 5) is 29.8. The third-order valence-corrected chi connectivity index (χ3v) is 6.26. The van der Waals surface area contributed by atoms with Gasteiger partial charge in [-0.25, -0.2) is 4.98 Å². The molecule has 2 N–H and O–H groups in total. The van der Waals surface area contributed by atoms with Crippen molar-refractivity contribution >= 4 is 23.6 Å². The first-order valence-corrected chi connectivity index (χ1v) is 10.7. The van der Waals surface area contributed by atoms with Crippen LogP contribution in [-0.4, -0.2) is 56.8 Å². The van der Waals surface area contributed by atoms with Crippen LogP contribution in [0, 0.1) is 5.92 Å². The van der Waals surface area contributed by atoms with Crippen LogP contribution in [0.25, 0.3) is 0 Å². The molecule has 144 valence electrons. The molecule has 1 aliphatic carbocycles. The van der Waals surface area contributed by atoms with Crippen LogP contribution in [0.3, 0.4) is 0 Å². The van der Waals surface area contributed by atoms with Crippen LogP contribution < -0.4 is 5.32 Å². The average Bonchev–Trinajstić information content (AvgIpc) is 3.30. The fourth-order valence-corrected chi connectivity index (χ4v) is 4.46. The second-order valence-electron chi connectivity index (χ2n) is 7.39. The maximum absolute atomic E-state index is 12.1. The van der Waals surface area contributed by atoms with E-state index in [1.165, 1.54) is 43.9 Å². The summed E-state index contributed by atoms with van der Waals surface area (Å²) in [7, 11) is 0. The van der Waals surface area contributed by atoms with Gasteiger partial charge in [-0.1, -0.05) is 37.4 Å². The Labute approximate surface area is 159 Å². The summed E-state index contributed by atoms with van der Waals surface area (Å²) in [5.41, 5.74) is 0. The van der Waals surface area contributed by atoms with E-state index in [1.54, 1.807) is 6.92 Å². The van der Waals surface area contributed by atoms with E-state index >= 15 is 0 Å². The molecule has 0 spiro atoms. The number of likely N-dealkylation sites (tertiary alicyclic amines) is 1. The van der Waals surface area contributed by atoms with Crippen molar-refractivity contribution < 1.29 is 9.59 Å². The lowest BCUT2D eigenvalue weighted by Crippen LogP contribution is -2.46. The van der Waals surface area contributed by atoms with Crippen LogP contribution in [0.5, 0.6) is 0 Å². The van der Waals surface area contributed by atoms with Gasteiger partial charge in [0.25, 0.3) is 0 Å². The number of thioether (sulfide) groups is 1. The molecule has 26 heavy (non-hydrogen) atoms. The molecule has 0 radical (unpaired) electrons. The van der Waals surface area contributed by atoms with Gasteiger partial charge in [0.1, 0.15) is 5.82 Å². The Bertz CT molecular complexity index is 606. The van der Waals surface area contributed by atoms with E-state index in [-0.39, 0.29) is 17.9 Å². The van der Waals surface area contributed by atoms with Crippen LogP contribution >= 0.6 is 11.8 Å². The summed E-state index contributed by atoms with van der Waals surface area (Å²) in [5, 5.41) is 10.9. The minimum absolute atomic E-state index is 0.00795. The molecular weight excluding hydrogens is 350 g/mol. The first-order valence-electron chi connectivity index (χ1n) is 9.69. The average molecular weight is 380 g/mol. The molecule has 1 aliphatic heterocycles. The van der Waals surface area contributed by atoms with E-state index in [0.717, 1.165) is 44.1 Å². The van der Waals surface area contributed by atoms with Gasteiger partial charge in [-0.2, -0.15) is 0 Å². The van der Waals surface area contributed by atoms with Crippen molar-refractivity contribution in [3.63, 3.8) is 0 Å². The zero-order chi connectivity index (χ0) is 18.4. The van der Waals surface area contributed by atoms with Gasteiger partial charge in [0, 0.05) is 32.5 Å². The molecule has 1 saturated carbocycles. The first kappa shape index (κ1) is 19.2. The molecule has 1 aromatic heterocycles. The molecule has 2 amide bonds. The summed E-state index contributed by atoms with van der Waals surface area (Å²) in [6, 6.07) is 0.160. The Balaban J connectivity index is 1.33. The number of hydrogen-bond donors (Lipinski definition) is 2. The molecule has 7 nitrogen and oxygen atoms in total. The normalized spacial score (nSPS) is 19.0. The van der Waals surface area contributed by atoms with Crippen LogP contribution in [0.2, 0.25) is 0 Å². The van der Waals surface area contributed by atoms with Gasteiger partial charge in [0.2, 0.25) is 17.0 Å².